The molecule has 2 unspecified atom stereocenters. The molecule has 1 aliphatic rings. The molecule has 0 saturated carbocycles. The van der Waals surface area contributed by atoms with E-state index >= 15 is 0 Å². The third kappa shape index (κ3) is 7.53. The lowest BCUT2D eigenvalue weighted by Gasteiger charge is -2.22. The Morgan fingerprint density at radius 1 is 1.21 bits per heavy atom. The molecule has 1 saturated heterocycles. The van der Waals surface area contributed by atoms with Crippen LogP contribution in [0.3, 0.4) is 0 Å². The van der Waals surface area contributed by atoms with Gasteiger partial charge in [0.1, 0.15) is 11.8 Å². The van der Waals surface area contributed by atoms with Gasteiger partial charge in [0.05, 0.1) is 16.4 Å². The summed E-state index contributed by atoms with van der Waals surface area (Å²) >= 11 is 11.5. The molecule has 1 aliphatic heterocycles. The molecular formula is C24H26Cl2N2O6. The molecule has 2 rings (SSSR count). The van der Waals surface area contributed by atoms with E-state index in [2.05, 4.69) is 4.99 Å². The number of allylic oxidation sites excluding steroid dienone is 3. The summed E-state index contributed by atoms with van der Waals surface area (Å²) in [5.74, 6) is -2.08. The number of amides is 2. The molecule has 0 bridgehead atoms. The van der Waals surface area contributed by atoms with Gasteiger partial charge in [0.2, 0.25) is 11.8 Å². The molecular weight excluding hydrogens is 483 g/mol. The summed E-state index contributed by atoms with van der Waals surface area (Å²) in [5.41, 5.74) is 2.88. The summed E-state index contributed by atoms with van der Waals surface area (Å²) < 4.78 is 0. The van der Waals surface area contributed by atoms with Gasteiger partial charge in [-0.3, -0.25) is 19.3 Å². The van der Waals surface area contributed by atoms with Gasteiger partial charge in [-0.1, -0.05) is 43.0 Å². The smallest absolute Gasteiger partial charge is 0.326 e. The van der Waals surface area contributed by atoms with Gasteiger partial charge in [0.25, 0.3) is 0 Å². The number of aldehydes is 1. The van der Waals surface area contributed by atoms with E-state index in [1.165, 1.54) is 23.8 Å². The van der Waals surface area contributed by atoms with Crippen LogP contribution in [0.4, 0.5) is 5.69 Å². The van der Waals surface area contributed by atoms with Crippen LogP contribution in [0.25, 0.3) is 0 Å². The van der Waals surface area contributed by atoms with Crippen molar-refractivity contribution in [2.24, 2.45) is 4.99 Å². The molecule has 10 heteroatoms. The second-order valence-electron chi connectivity index (χ2n) is 7.92. The Labute approximate surface area is 207 Å². The number of hydrogen-bond donors (Lipinski definition) is 2. The van der Waals surface area contributed by atoms with Crippen LogP contribution in [0.15, 0.2) is 45.9 Å². The number of aromatic hydroxyl groups is 1. The van der Waals surface area contributed by atoms with E-state index in [9.17, 15) is 29.4 Å². The standard InChI is InChI=1S/C24H26Cl2N2O6/c1-15(4-2-3-5-21(24(33)34)28-22(31)8-9-23(28)32)19-13-18(30)6-7-20(19)27-17(10-11-25)12-16(26)14-29/h6-7,10-15,21,30H,2-5,8-9H2,1H3,(H,33,34)/b11-10+,16-12+,27-17+. The van der Waals surface area contributed by atoms with Gasteiger partial charge in [-0.25, -0.2) is 9.79 Å². The lowest BCUT2D eigenvalue weighted by molar-refractivity contribution is -0.154. The summed E-state index contributed by atoms with van der Waals surface area (Å²) in [4.78, 5) is 51.7. The highest BCUT2D eigenvalue weighted by Crippen LogP contribution is 2.34. The van der Waals surface area contributed by atoms with Crippen molar-refractivity contribution in [2.75, 3.05) is 0 Å². The highest BCUT2D eigenvalue weighted by molar-refractivity contribution is 6.40. The van der Waals surface area contributed by atoms with Crippen LogP contribution in [-0.2, 0) is 19.2 Å². The van der Waals surface area contributed by atoms with E-state index in [1.807, 2.05) is 6.92 Å². The van der Waals surface area contributed by atoms with Crippen molar-refractivity contribution in [1.82, 2.24) is 4.90 Å². The summed E-state index contributed by atoms with van der Waals surface area (Å²) in [5, 5.41) is 19.4. The van der Waals surface area contributed by atoms with Gasteiger partial charge >= 0.3 is 5.97 Å². The number of nitrogens with zero attached hydrogens (tertiary/aromatic N) is 2. The van der Waals surface area contributed by atoms with Crippen molar-refractivity contribution in [3.63, 3.8) is 0 Å². The van der Waals surface area contributed by atoms with Gasteiger partial charge < -0.3 is 10.2 Å². The van der Waals surface area contributed by atoms with Crippen LogP contribution < -0.4 is 0 Å². The predicted molar refractivity (Wildman–Crippen MR) is 130 cm³/mol. The third-order valence-corrected chi connectivity index (χ3v) is 5.80. The van der Waals surface area contributed by atoms with Crippen molar-refractivity contribution in [1.29, 1.82) is 0 Å². The summed E-state index contributed by atoms with van der Waals surface area (Å²) in [7, 11) is 0. The molecule has 8 nitrogen and oxygen atoms in total. The van der Waals surface area contributed by atoms with Crippen LogP contribution in [0.5, 0.6) is 5.75 Å². The number of halogens is 2. The maximum absolute atomic E-state index is 11.9. The van der Waals surface area contributed by atoms with Crippen LogP contribution in [0.2, 0.25) is 0 Å². The minimum absolute atomic E-state index is 0.0502. The number of carboxylic acids is 1. The van der Waals surface area contributed by atoms with Crippen LogP contribution in [-0.4, -0.2) is 50.9 Å². The first-order valence-corrected chi connectivity index (χ1v) is 11.6. The maximum Gasteiger partial charge on any atom is 0.326 e. The Morgan fingerprint density at radius 2 is 1.85 bits per heavy atom. The van der Waals surface area contributed by atoms with Crippen molar-refractivity contribution < 1.29 is 29.4 Å². The Morgan fingerprint density at radius 3 is 2.44 bits per heavy atom. The number of likely N-dealkylation sites (tertiary alicyclic amines) is 1. The zero-order chi connectivity index (χ0) is 25.3. The summed E-state index contributed by atoms with van der Waals surface area (Å²) in [6.07, 6.45) is 5.36. The fourth-order valence-electron chi connectivity index (χ4n) is 3.78. The van der Waals surface area contributed by atoms with E-state index in [-0.39, 0.29) is 36.0 Å². The number of carbonyl (C=O) groups excluding carboxylic acids is 3. The van der Waals surface area contributed by atoms with Crippen molar-refractivity contribution in [3.05, 3.63) is 46.5 Å². The number of phenols is 1. The third-order valence-electron chi connectivity index (χ3n) is 5.48. The quantitative estimate of drug-likeness (QED) is 0.137. The lowest BCUT2D eigenvalue weighted by atomic mass is 9.92. The lowest BCUT2D eigenvalue weighted by Crippen LogP contribution is -2.44. The van der Waals surface area contributed by atoms with Crippen molar-refractivity contribution >= 4 is 58.7 Å². The molecule has 1 fully saturated rings. The molecule has 1 aromatic rings. The van der Waals surface area contributed by atoms with Crippen LogP contribution >= 0.6 is 23.2 Å². The number of imide groups is 1. The first-order valence-electron chi connectivity index (χ1n) is 10.8. The molecule has 0 radical (unpaired) electrons. The average Bonchev–Trinajstić information content (AvgIpc) is 3.12. The number of rotatable bonds is 12. The summed E-state index contributed by atoms with van der Waals surface area (Å²) in [6.45, 7) is 1.95. The van der Waals surface area contributed by atoms with Crippen LogP contribution in [0.1, 0.15) is 56.9 Å². The molecule has 34 heavy (non-hydrogen) atoms. The number of carboxylic acid groups (broad SMARTS) is 1. The largest absolute Gasteiger partial charge is 0.508 e. The molecule has 1 heterocycles. The van der Waals surface area contributed by atoms with E-state index in [1.54, 1.807) is 12.1 Å². The highest BCUT2D eigenvalue weighted by atomic mass is 35.5. The van der Waals surface area contributed by atoms with E-state index in [0.717, 1.165) is 10.5 Å². The molecule has 0 aliphatic carbocycles. The number of aliphatic carboxylic acids is 1. The predicted octanol–water partition coefficient (Wildman–Crippen LogP) is 4.80. The fourth-order valence-corrected chi connectivity index (χ4v) is 4.02. The number of aliphatic imine (C=N–C) groups is 1. The Bertz CT molecular complexity index is 1020. The molecule has 2 N–H and O–H groups in total. The molecule has 2 amide bonds. The SMILES string of the molecule is CC(CCCCC(C(=O)O)N1C(=O)CCC1=O)c1cc(O)ccc1/N=C(\C=C\Cl)/C=C(/Cl)C=O. The van der Waals surface area contributed by atoms with E-state index < -0.39 is 23.8 Å². The number of hydrogen-bond acceptors (Lipinski definition) is 6. The average molecular weight is 509 g/mol. The van der Waals surface area contributed by atoms with Crippen molar-refractivity contribution in [2.45, 2.75) is 57.4 Å². The Kier molecular flexibility index (Phi) is 10.5. The second-order valence-corrected chi connectivity index (χ2v) is 8.60. The van der Waals surface area contributed by atoms with Gasteiger partial charge in [-0.15, -0.1) is 0 Å². The zero-order valence-electron chi connectivity index (χ0n) is 18.6. The minimum Gasteiger partial charge on any atom is -0.508 e. The Hall–Kier alpha value is -2.97. The number of benzene rings is 1. The molecule has 0 aromatic heterocycles. The number of carbonyl (C=O) groups is 4. The number of unbranched alkanes of at least 4 members (excludes halogenated alkanes) is 1. The first kappa shape index (κ1) is 27.3. The molecule has 2 atom stereocenters. The normalized spacial score (nSPS) is 16.9. The highest BCUT2D eigenvalue weighted by Gasteiger charge is 2.38. The van der Waals surface area contributed by atoms with Gasteiger partial charge in [0.15, 0.2) is 6.29 Å². The topological polar surface area (TPSA) is 124 Å². The Balaban J connectivity index is 2.12. The summed E-state index contributed by atoms with van der Waals surface area (Å²) in [6, 6.07) is 3.57. The molecule has 0 spiro atoms. The monoisotopic (exact) mass is 508 g/mol. The van der Waals surface area contributed by atoms with E-state index in [4.69, 9.17) is 23.2 Å². The molecule has 182 valence electrons. The number of phenolic OH excluding ortho intramolecular Hbond substituents is 1. The van der Waals surface area contributed by atoms with Crippen molar-refractivity contribution in [3.8, 4) is 5.75 Å². The van der Waals surface area contributed by atoms with Gasteiger partial charge in [-0.05, 0) is 54.7 Å². The van der Waals surface area contributed by atoms with E-state index in [0.29, 0.717) is 36.9 Å². The second kappa shape index (κ2) is 13.1. The van der Waals surface area contributed by atoms with Gasteiger partial charge in [0, 0.05) is 18.4 Å². The first-order chi connectivity index (χ1) is 16.2. The van der Waals surface area contributed by atoms with Gasteiger partial charge in [-0.2, -0.15) is 0 Å². The maximum atomic E-state index is 11.9. The fraction of sp³-hybridized carbons (Fsp3) is 0.375. The van der Waals surface area contributed by atoms with Crippen LogP contribution in [0, 0.1) is 0 Å². The zero-order valence-corrected chi connectivity index (χ0v) is 20.1. The molecule has 1 aromatic carbocycles. The minimum atomic E-state index is -1.19.